The maximum Gasteiger partial charge on any atom is 0.261 e. The Morgan fingerprint density at radius 1 is 1.05 bits per heavy atom. The lowest BCUT2D eigenvalue weighted by molar-refractivity contribution is 0.511. The molecule has 0 aliphatic heterocycles. The Kier molecular flexibility index (Phi) is 3.53. The van der Waals surface area contributed by atoms with Gasteiger partial charge in [-0.15, -0.1) is 0 Å². The van der Waals surface area contributed by atoms with Gasteiger partial charge in [0.2, 0.25) is 0 Å². The third-order valence-electron chi connectivity index (χ3n) is 2.50. The van der Waals surface area contributed by atoms with Crippen LogP contribution in [-0.2, 0) is 10.0 Å². The number of rotatable bonds is 3. The molecule has 0 bridgehead atoms. The van der Waals surface area contributed by atoms with Crippen molar-refractivity contribution in [2.24, 2.45) is 0 Å². The van der Waals surface area contributed by atoms with Crippen molar-refractivity contribution in [1.82, 2.24) is 0 Å². The van der Waals surface area contributed by atoms with E-state index in [1.807, 2.05) is 4.72 Å². The summed E-state index contributed by atoms with van der Waals surface area (Å²) in [6.07, 6.45) is 0. The minimum Gasteiger partial charge on any atom is -0.277 e. The third kappa shape index (κ3) is 2.90. The molecule has 0 saturated heterocycles. The molecule has 19 heavy (non-hydrogen) atoms. The predicted octanol–water partition coefficient (Wildman–Crippen LogP) is 3.07. The van der Waals surface area contributed by atoms with E-state index in [2.05, 4.69) is 0 Å². The fraction of sp³-hybridized carbons (Fsp3) is 0.0769. The van der Waals surface area contributed by atoms with Gasteiger partial charge >= 0.3 is 0 Å². The average molecular weight is 283 g/mol. The normalized spacial score (nSPS) is 11.3. The Hall–Kier alpha value is -1.95. The molecule has 0 amide bonds. The zero-order valence-electron chi connectivity index (χ0n) is 10.0. The molecule has 0 fully saturated rings. The van der Waals surface area contributed by atoms with Crippen LogP contribution in [0.3, 0.4) is 0 Å². The molecule has 1 N–H and O–H groups in total. The molecule has 0 unspecified atom stereocenters. The monoisotopic (exact) mass is 283 g/mol. The first-order valence-electron chi connectivity index (χ1n) is 5.43. The van der Waals surface area contributed by atoms with Crippen molar-refractivity contribution >= 4 is 15.7 Å². The van der Waals surface area contributed by atoms with Crippen molar-refractivity contribution in [3.63, 3.8) is 0 Å². The van der Waals surface area contributed by atoms with E-state index in [0.29, 0.717) is 0 Å². The van der Waals surface area contributed by atoms with Gasteiger partial charge in [-0.3, -0.25) is 4.72 Å². The second-order valence-electron chi connectivity index (χ2n) is 4.02. The van der Waals surface area contributed by atoms with E-state index in [1.165, 1.54) is 18.2 Å². The van der Waals surface area contributed by atoms with Crippen LogP contribution in [0.15, 0.2) is 47.4 Å². The van der Waals surface area contributed by atoms with Gasteiger partial charge in [-0.25, -0.2) is 17.2 Å². The molecule has 2 rings (SSSR count). The second kappa shape index (κ2) is 4.97. The molecule has 0 aliphatic rings. The Bertz CT molecular complexity index is 714. The minimum atomic E-state index is -3.93. The summed E-state index contributed by atoms with van der Waals surface area (Å²) >= 11 is 0. The quantitative estimate of drug-likeness (QED) is 0.941. The lowest BCUT2D eigenvalue weighted by atomic mass is 10.2. The standard InChI is InChI=1S/C13H11F2NO2S/c1-9-4-2-5-10(8-9)19(17,18)16-12-7-3-6-11(14)13(12)15/h2-8,16H,1H3. The summed E-state index contributed by atoms with van der Waals surface area (Å²) in [6.45, 7) is 1.74. The molecule has 100 valence electrons. The number of hydrogen-bond acceptors (Lipinski definition) is 2. The van der Waals surface area contributed by atoms with Gasteiger partial charge in [0.05, 0.1) is 10.6 Å². The number of anilines is 1. The number of benzene rings is 2. The maximum atomic E-state index is 13.4. The van der Waals surface area contributed by atoms with Crippen molar-refractivity contribution in [3.05, 3.63) is 59.7 Å². The summed E-state index contributed by atoms with van der Waals surface area (Å²) in [7, 11) is -3.93. The molecule has 6 heteroatoms. The first-order valence-corrected chi connectivity index (χ1v) is 6.92. The highest BCUT2D eigenvalue weighted by molar-refractivity contribution is 7.92. The van der Waals surface area contributed by atoms with Crippen LogP contribution in [0.5, 0.6) is 0 Å². The Labute approximate surface area is 109 Å². The molecule has 0 heterocycles. The second-order valence-corrected chi connectivity index (χ2v) is 5.71. The van der Waals surface area contributed by atoms with Crippen LogP contribution in [0.1, 0.15) is 5.56 Å². The SMILES string of the molecule is Cc1cccc(S(=O)(=O)Nc2cccc(F)c2F)c1. The van der Waals surface area contributed by atoms with Crippen molar-refractivity contribution in [2.45, 2.75) is 11.8 Å². The average Bonchev–Trinajstić information content (AvgIpc) is 2.35. The molecule has 0 saturated carbocycles. The summed E-state index contributed by atoms with van der Waals surface area (Å²) in [5.74, 6) is -2.33. The molecule has 0 aromatic heterocycles. The highest BCUT2D eigenvalue weighted by Crippen LogP contribution is 2.21. The molecule has 2 aromatic rings. The van der Waals surface area contributed by atoms with E-state index >= 15 is 0 Å². The van der Waals surface area contributed by atoms with Crippen molar-refractivity contribution in [3.8, 4) is 0 Å². The van der Waals surface area contributed by atoms with Gasteiger partial charge in [0, 0.05) is 0 Å². The molecule has 3 nitrogen and oxygen atoms in total. The number of nitrogens with one attached hydrogen (secondary N) is 1. The highest BCUT2D eigenvalue weighted by Gasteiger charge is 2.17. The zero-order chi connectivity index (χ0) is 14.0. The maximum absolute atomic E-state index is 13.4. The van der Waals surface area contributed by atoms with E-state index < -0.39 is 27.3 Å². The Morgan fingerprint density at radius 2 is 1.74 bits per heavy atom. The third-order valence-corrected chi connectivity index (χ3v) is 3.86. The Morgan fingerprint density at radius 3 is 2.42 bits per heavy atom. The van der Waals surface area contributed by atoms with Gasteiger partial charge in [-0.2, -0.15) is 0 Å². The first kappa shape index (κ1) is 13.5. The molecule has 0 spiro atoms. The molecule has 2 aromatic carbocycles. The van der Waals surface area contributed by atoms with Crippen LogP contribution < -0.4 is 4.72 Å². The molecule has 0 aliphatic carbocycles. The molecule has 0 radical (unpaired) electrons. The fourth-order valence-electron chi connectivity index (χ4n) is 1.57. The predicted molar refractivity (Wildman–Crippen MR) is 68.3 cm³/mol. The van der Waals surface area contributed by atoms with Gasteiger partial charge in [0.15, 0.2) is 11.6 Å². The van der Waals surface area contributed by atoms with E-state index in [0.717, 1.165) is 17.7 Å². The molecule has 0 atom stereocenters. The summed E-state index contributed by atoms with van der Waals surface area (Å²) in [6, 6.07) is 9.44. The van der Waals surface area contributed by atoms with Crippen LogP contribution in [0.4, 0.5) is 14.5 Å². The van der Waals surface area contributed by atoms with Crippen LogP contribution >= 0.6 is 0 Å². The number of sulfonamides is 1. The van der Waals surface area contributed by atoms with Crippen LogP contribution in [0, 0.1) is 18.6 Å². The van der Waals surface area contributed by atoms with Gasteiger partial charge < -0.3 is 0 Å². The van der Waals surface area contributed by atoms with Crippen LogP contribution in [0.2, 0.25) is 0 Å². The summed E-state index contributed by atoms with van der Waals surface area (Å²) < 4.78 is 52.5. The van der Waals surface area contributed by atoms with Crippen molar-refractivity contribution in [2.75, 3.05) is 4.72 Å². The minimum absolute atomic E-state index is 0.00355. The lowest BCUT2D eigenvalue weighted by Crippen LogP contribution is -2.14. The van der Waals surface area contributed by atoms with Crippen LogP contribution in [-0.4, -0.2) is 8.42 Å². The first-order chi connectivity index (χ1) is 8.90. The largest absolute Gasteiger partial charge is 0.277 e. The summed E-state index contributed by atoms with van der Waals surface area (Å²) in [5.41, 5.74) is 0.337. The number of aryl methyl sites for hydroxylation is 1. The molecular weight excluding hydrogens is 272 g/mol. The number of halogens is 2. The number of hydrogen-bond donors (Lipinski definition) is 1. The fourth-order valence-corrected chi connectivity index (χ4v) is 2.73. The Balaban J connectivity index is 2.39. The smallest absolute Gasteiger partial charge is 0.261 e. The van der Waals surface area contributed by atoms with Gasteiger partial charge in [0.25, 0.3) is 10.0 Å². The van der Waals surface area contributed by atoms with Crippen molar-refractivity contribution in [1.29, 1.82) is 0 Å². The van der Waals surface area contributed by atoms with E-state index in [4.69, 9.17) is 0 Å². The van der Waals surface area contributed by atoms with Gasteiger partial charge in [0.1, 0.15) is 0 Å². The van der Waals surface area contributed by atoms with E-state index in [9.17, 15) is 17.2 Å². The zero-order valence-corrected chi connectivity index (χ0v) is 10.8. The lowest BCUT2D eigenvalue weighted by Gasteiger charge is -2.09. The van der Waals surface area contributed by atoms with Crippen molar-refractivity contribution < 1.29 is 17.2 Å². The van der Waals surface area contributed by atoms with Crippen LogP contribution in [0.25, 0.3) is 0 Å². The topological polar surface area (TPSA) is 46.2 Å². The van der Waals surface area contributed by atoms with E-state index in [1.54, 1.807) is 19.1 Å². The molecular formula is C13H11F2NO2S. The summed E-state index contributed by atoms with van der Waals surface area (Å²) in [4.78, 5) is -0.00355. The highest BCUT2D eigenvalue weighted by atomic mass is 32.2. The van der Waals surface area contributed by atoms with Gasteiger partial charge in [-0.1, -0.05) is 18.2 Å². The van der Waals surface area contributed by atoms with E-state index in [-0.39, 0.29) is 4.90 Å². The summed E-state index contributed by atoms with van der Waals surface area (Å²) in [5, 5.41) is 0. The van der Waals surface area contributed by atoms with Gasteiger partial charge in [-0.05, 0) is 36.8 Å².